The second-order valence-electron chi connectivity index (χ2n) is 2.77. The van der Waals surface area contributed by atoms with Crippen LogP contribution in [0.2, 0.25) is 5.02 Å². The summed E-state index contributed by atoms with van der Waals surface area (Å²) in [6.07, 6.45) is 0.0356. The van der Waals surface area contributed by atoms with Crippen LogP contribution in [0.3, 0.4) is 0 Å². The lowest BCUT2D eigenvalue weighted by molar-refractivity contribution is 0.170. The molecule has 0 spiro atoms. The Morgan fingerprint density at radius 2 is 2.23 bits per heavy atom. The highest BCUT2D eigenvalue weighted by molar-refractivity contribution is 9.10. The van der Waals surface area contributed by atoms with Gasteiger partial charge in [0.2, 0.25) is 0 Å². The summed E-state index contributed by atoms with van der Waals surface area (Å²) in [6.45, 7) is 0.467. The van der Waals surface area contributed by atoms with Gasteiger partial charge in [-0.25, -0.2) is 0 Å². The number of hydrogen-bond donors (Lipinski definition) is 2. The maximum absolute atomic E-state index is 9.58. The van der Waals surface area contributed by atoms with E-state index in [9.17, 15) is 5.11 Å². The summed E-state index contributed by atoms with van der Waals surface area (Å²) < 4.78 is 0.831. The van der Waals surface area contributed by atoms with Crippen molar-refractivity contribution in [2.45, 2.75) is 12.5 Å². The Bertz CT molecular complexity index is 293. The van der Waals surface area contributed by atoms with Crippen molar-refractivity contribution in [1.29, 1.82) is 0 Å². The number of benzene rings is 1. The van der Waals surface area contributed by atoms with Gasteiger partial charge in [-0.05, 0) is 46.6 Å². The second-order valence-corrected chi connectivity index (χ2v) is 4.03. The van der Waals surface area contributed by atoms with Crippen LogP contribution in [0.5, 0.6) is 0 Å². The van der Waals surface area contributed by atoms with Crippen LogP contribution < -0.4 is 5.73 Å². The Hall–Kier alpha value is -0.0900. The minimum atomic E-state index is -0.518. The summed E-state index contributed by atoms with van der Waals surface area (Å²) >= 11 is 9.15. The zero-order valence-electron chi connectivity index (χ0n) is 7.00. The highest BCUT2D eigenvalue weighted by Gasteiger charge is 2.07. The first-order chi connectivity index (χ1) is 6.15. The topological polar surface area (TPSA) is 46.2 Å². The average Bonchev–Trinajstić information content (AvgIpc) is 2.10. The maximum Gasteiger partial charge on any atom is 0.0802 e. The molecule has 0 radical (unpaired) electrons. The third-order valence-electron chi connectivity index (χ3n) is 1.77. The van der Waals surface area contributed by atoms with E-state index in [1.165, 1.54) is 0 Å². The smallest absolute Gasteiger partial charge is 0.0802 e. The van der Waals surface area contributed by atoms with Crippen molar-refractivity contribution in [1.82, 2.24) is 0 Å². The Morgan fingerprint density at radius 1 is 1.54 bits per heavy atom. The molecule has 3 N–H and O–H groups in total. The number of nitrogens with two attached hydrogens (primary N) is 1. The number of halogens is 2. The molecular weight excluding hydrogens is 253 g/mol. The fraction of sp³-hybridized carbons (Fsp3) is 0.333. The molecule has 0 aromatic heterocycles. The fourth-order valence-corrected chi connectivity index (χ4v) is 1.48. The van der Waals surface area contributed by atoms with Gasteiger partial charge in [0.15, 0.2) is 0 Å². The van der Waals surface area contributed by atoms with Crippen LogP contribution in [0.4, 0.5) is 0 Å². The average molecular weight is 265 g/mol. The molecule has 0 saturated carbocycles. The van der Waals surface area contributed by atoms with E-state index in [1.54, 1.807) is 6.07 Å². The van der Waals surface area contributed by atoms with E-state index in [0.717, 1.165) is 10.0 Å². The van der Waals surface area contributed by atoms with E-state index in [1.807, 2.05) is 12.1 Å². The van der Waals surface area contributed by atoms with E-state index in [-0.39, 0.29) is 0 Å². The Kier molecular flexibility index (Phi) is 4.19. The van der Waals surface area contributed by atoms with Gasteiger partial charge in [-0.1, -0.05) is 17.7 Å². The maximum atomic E-state index is 9.58. The molecule has 0 amide bonds. The van der Waals surface area contributed by atoms with Crippen molar-refractivity contribution < 1.29 is 5.11 Å². The molecule has 0 saturated heterocycles. The summed E-state index contributed by atoms with van der Waals surface area (Å²) in [5, 5.41) is 10.2. The zero-order chi connectivity index (χ0) is 9.84. The molecule has 4 heteroatoms. The second kappa shape index (κ2) is 4.96. The van der Waals surface area contributed by atoms with Crippen molar-refractivity contribution >= 4 is 27.5 Å². The molecule has 0 aliphatic carbocycles. The molecule has 0 unspecified atom stereocenters. The van der Waals surface area contributed by atoms with Gasteiger partial charge in [-0.2, -0.15) is 0 Å². The number of rotatable bonds is 3. The van der Waals surface area contributed by atoms with Crippen molar-refractivity contribution in [3.05, 3.63) is 33.3 Å². The van der Waals surface area contributed by atoms with Gasteiger partial charge in [0.25, 0.3) is 0 Å². The third kappa shape index (κ3) is 2.95. The highest BCUT2D eigenvalue weighted by Crippen LogP contribution is 2.26. The van der Waals surface area contributed by atoms with E-state index in [2.05, 4.69) is 15.9 Å². The number of aliphatic hydroxyl groups excluding tert-OH is 1. The van der Waals surface area contributed by atoms with Gasteiger partial charge < -0.3 is 10.8 Å². The highest BCUT2D eigenvalue weighted by atomic mass is 79.9. The summed E-state index contributed by atoms with van der Waals surface area (Å²) in [6, 6.07) is 5.39. The van der Waals surface area contributed by atoms with Crippen molar-refractivity contribution in [2.75, 3.05) is 6.54 Å². The van der Waals surface area contributed by atoms with Crippen LogP contribution >= 0.6 is 27.5 Å². The Morgan fingerprint density at radius 3 is 2.77 bits per heavy atom. The molecule has 1 aromatic rings. The quantitative estimate of drug-likeness (QED) is 0.881. The van der Waals surface area contributed by atoms with Gasteiger partial charge in [0.05, 0.1) is 11.1 Å². The van der Waals surface area contributed by atoms with Gasteiger partial charge in [-0.3, -0.25) is 0 Å². The largest absolute Gasteiger partial charge is 0.388 e. The minimum absolute atomic E-state index is 0.467. The lowest BCUT2D eigenvalue weighted by Crippen LogP contribution is -2.06. The first-order valence-electron chi connectivity index (χ1n) is 3.98. The van der Waals surface area contributed by atoms with Crippen LogP contribution in [-0.2, 0) is 0 Å². The Labute approximate surface area is 90.8 Å². The molecule has 0 heterocycles. The molecule has 1 aromatic carbocycles. The fourth-order valence-electron chi connectivity index (χ4n) is 1.04. The van der Waals surface area contributed by atoms with Gasteiger partial charge in [0, 0.05) is 4.47 Å². The molecule has 2 nitrogen and oxygen atoms in total. The summed E-state index contributed by atoms with van der Waals surface area (Å²) in [7, 11) is 0. The monoisotopic (exact) mass is 263 g/mol. The van der Waals surface area contributed by atoms with Crippen LogP contribution in [-0.4, -0.2) is 11.7 Å². The third-order valence-corrected chi connectivity index (χ3v) is 3.00. The predicted molar refractivity (Wildman–Crippen MR) is 57.8 cm³/mol. The standard InChI is InChI=1S/C9H11BrClNO/c10-7-2-1-6(5-8(7)11)9(13)3-4-12/h1-2,5,9,13H,3-4,12H2/t9-/m1/s1. The summed E-state index contributed by atoms with van der Waals surface area (Å²) in [5.74, 6) is 0. The lowest BCUT2D eigenvalue weighted by Gasteiger charge is -2.09. The molecule has 13 heavy (non-hydrogen) atoms. The zero-order valence-corrected chi connectivity index (χ0v) is 9.35. The first-order valence-corrected chi connectivity index (χ1v) is 5.15. The summed E-state index contributed by atoms with van der Waals surface area (Å²) in [5.41, 5.74) is 6.14. The lowest BCUT2D eigenvalue weighted by atomic mass is 10.1. The first kappa shape index (κ1) is 11.0. The van der Waals surface area contributed by atoms with E-state index in [4.69, 9.17) is 17.3 Å². The molecule has 0 fully saturated rings. The molecule has 0 aliphatic heterocycles. The molecule has 1 rings (SSSR count). The molecular formula is C9H11BrClNO. The van der Waals surface area contributed by atoms with Crippen molar-refractivity contribution in [3.63, 3.8) is 0 Å². The normalized spacial score (nSPS) is 12.9. The molecule has 0 bridgehead atoms. The van der Waals surface area contributed by atoms with Crippen LogP contribution in [0.15, 0.2) is 22.7 Å². The minimum Gasteiger partial charge on any atom is -0.388 e. The van der Waals surface area contributed by atoms with Crippen molar-refractivity contribution in [3.8, 4) is 0 Å². The van der Waals surface area contributed by atoms with E-state index < -0.39 is 6.10 Å². The van der Waals surface area contributed by atoms with Crippen LogP contribution in [0, 0.1) is 0 Å². The molecule has 72 valence electrons. The van der Waals surface area contributed by atoms with Crippen molar-refractivity contribution in [2.24, 2.45) is 5.73 Å². The van der Waals surface area contributed by atoms with Crippen LogP contribution in [0.1, 0.15) is 18.1 Å². The molecule has 1 atom stereocenters. The predicted octanol–water partition coefficient (Wildman–Crippen LogP) is 2.48. The van der Waals surface area contributed by atoms with Gasteiger partial charge in [-0.15, -0.1) is 0 Å². The van der Waals surface area contributed by atoms with Gasteiger partial charge >= 0.3 is 0 Å². The Balaban J connectivity index is 2.84. The van der Waals surface area contributed by atoms with E-state index in [0.29, 0.717) is 18.0 Å². The van der Waals surface area contributed by atoms with E-state index >= 15 is 0 Å². The molecule has 0 aliphatic rings. The summed E-state index contributed by atoms with van der Waals surface area (Å²) in [4.78, 5) is 0. The van der Waals surface area contributed by atoms with Crippen LogP contribution in [0.25, 0.3) is 0 Å². The van der Waals surface area contributed by atoms with Gasteiger partial charge in [0.1, 0.15) is 0 Å². The number of aliphatic hydroxyl groups is 1. The number of hydrogen-bond acceptors (Lipinski definition) is 2. The SMILES string of the molecule is NCC[C@@H](O)c1ccc(Br)c(Cl)c1.